The van der Waals surface area contributed by atoms with E-state index in [4.69, 9.17) is 9.47 Å². The number of ether oxygens (including phenoxy) is 2. The Kier molecular flexibility index (Phi) is 5.75. The summed E-state index contributed by atoms with van der Waals surface area (Å²) >= 11 is 0. The highest BCUT2D eigenvalue weighted by Gasteiger charge is 2.22. The van der Waals surface area contributed by atoms with E-state index in [0.717, 1.165) is 24.5 Å². The highest BCUT2D eigenvalue weighted by molar-refractivity contribution is 6.00. The SMILES string of the molecule is COC(=O)c1c(C)[nH]c(C(=O)NCc2ccnc(N3CCOCC3)c2)c1C. The van der Waals surface area contributed by atoms with Gasteiger partial charge < -0.3 is 24.7 Å². The van der Waals surface area contributed by atoms with Crippen molar-refractivity contribution in [2.45, 2.75) is 20.4 Å². The van der Waals surface area contributed by atoms with Crippen LogP contribution in [0.3, 0.4) is 0 Å². The van der Waals surface area contributed by atoms with Gasteiger partial charge in [-0.15, -0.1) is 0 Å². The third kappa shape index (κ3) is 4.11. The largest absolute Gasteiger partial charge is 0.465 e. The van der Waals surface area contributed by atoms with E-state index in [-0.39, 0.29) is 5.91 Å². The molecule has 27 heavy (non-hydrogen) atoms. The van der Waals surface area contributed by atoms with Crippen LogP contribution < -0.4 is 10.2 Å². The Bertz CT molecular complexity index is 840. The van der Waals surface area contributed by atoms with Crippen molar-refractivity contribution in [1.29, 1.82) is 0 Å². The van der Waals surface area contributed by atoms with E-state index >= 15 is 0 Å². The molecule has 8 nitrogen and oxygen atoms in total. The van der Waals surface area contributed by atoms with Gasteiger partial charge in [-0.05, 0) is 37.1 Å². The molecule has 8 heteroatoms. The fourth-order valence-electron chi connectivity index (χ4n) is 3.19. The van der Waals surface area contributed by atoms with Gasteiger partial charge in [0.2, 0.25) is 0 Å². The molecule has 0 bridgehead atoms. The van der Waals surface area contributed by atoms with Gasteiger partial charge in [-0.3, -0.25) is 4.79 Å². The molecule has 144 valence electrons. The van der Waals surface area contributed by atoms with Gasteiger partial charge in [-0.1, -0.05) is 0 Å². The molecule has 0 aromatic carbocycles. The second kappa shape index (κ2) is 8.22. The number of anilines is 1. The molecule has 1 aliphatic heterocycles. The molecular weight excluding hydrogens is 348 g/mol. The summed E-state index contributed by atoms with van der Waals surface area (Å²) in [4.78, 5) is 34.0. The van der Waals surface area contributed by atoms with Gasteiger partial charge in [0.1, 0.15) is 11.5 Å². The van der Waals surface area contributed by atoms with Crippen LogP contribution in [-0.4, -0.2) is 55.3 Å². The van der Waals surface area contributed by atoms with Gasteiger partial charge in [-0.2, -0.15) is 0 Å². The van der Waals surface area contributed by atoms with Crippen LogP contribution in [0.4, 0.5) is 5.82 Å². The Balaban J connectivity index is 1.68. The number of esters is 1. The number of hydrogen-bond donors (Lipinski definition) is 2. The normalized spacial score (nSPS) is 14.1. The molecule has 3 rings (SSSR count). The highest BCUT2D eigenvalue weighted by atomic mass is 16.5. The van der Waals surface area contributed by atoms with Gasteiger partial charge in [0.05, 0.1) is 25.9 Å². The maximum absolute atomic E-state index is 12.6. The molecule has 1 aliphatic rings. The lowest BCUT2D eigenvalue weighted by Gasteiger charge is -2.28. The van der Waals surface area contributed by atoms with E-state index in [2.05, 4.69) is 20.2 Å². The number of amides is 1. The molecule has 0 atom stereocenters. The number of carbonyl (C=O) groups is 2. The van der Waals surface area contributed by atoms with Gasteiger partial charge in [-0.25, -0.2) is 9.78 Å². The predicted octanol–water partition coefficient (Wildman–Crippen LogP) is 1.58. The van der Waals surface area contributed by atoms with Crippen molar-refractivity contribution in [2.24, 2.45) is 0 Å². The Morgan fingerprint density at radius 2 is 2.07 bits per heavy atom. The number of H-pyrrole nitrogens is 1. The number of nitrogens with one attached hydrogen (secondary N) is 2. The summed E-state index contributed by atoms with van der Waals surface area (Å²) in [5.41, 5.74) is 2.93. The van der Waals surface area contributed by atoms with Gasteiger partial charge in [0.15, 0.2) is 0 Å². The monoisotopic (exact) mass is 372 g/mol. The quantitative estimate of drug-likeness (QED) is 0.774. The first-order chi connectivity index (χ1) is 13.0. The van der Waals surface area contributed by atoms with E-state index in [0.29, 0.717) is 42.3 Å². The standard InChI is InChI=1S/C19H24N4O4/c1-12-16(19(25)26-3)13(2)22-17(12)18(24)21-11-14-4-5-20-15(10-14)23-6-8-27-9-7-23/h4-5,10,22H,6-9,11H2,1-3H3,(H,21,24). The molecule has 2 N–H and O–H groups in total. The van der Waals surface area contributed by atoms with E-state index in [1.807, 2.05) is 12.1 Å². The zero-order valence-electron chi connectivity index (χ0n) is 15.8. The fourth-order valence-corrected chi connectivity index (χ4v) is 3.19. The van der Waals surface area contributed by atoms with Crippen molar-refractivity contribution >= 4 is 17.7 Å². The number of pyridine rings is 1. The molecule has 2 aromatic rings. The molecule has 1 fully saturated rings. The molecule has 2 aromatic heterocycles. The van der Waals surface area contributed by atoms with E-state index < -0.39 is 5.97 Å². The van der Waals surface area contributed by atoms with Crippen LogP contribution in [-0.2, 0) is 16.0 Å². The number of aryl methyl sites for hydroxylation is 1. The van der Waals surface area contributed by atoms with Crippen LogP contribution in [0.1, 0.15) is 37.7 Å². The second-order valence-electron chi connectivity index (χ2n) is 6.42. The zero-order chi connectivity index (χ0) is 19.4. The summed E-state index contributed by atoms with van der Waals surface area (Å²) in [6.45, 7) is 6.83. The summed E-state index contributed by atoms with van der Waals surface area (Å²) < 4.78 is 10.1. The summed E-state index contributed by atoms with van der Waals surface area (Å²) in [6.07, 6.45) is 1.74. The molecule has 0 aliphatic carbocycles. The lowest BCUT2D eigenvalue weighted by atomic mass is 10.1. The molecule has 0 unspecified atom stereocenters. The summed E-state index contributed by atoms with van der Waals surface area (Å²) in [7, 11) is 1.32. The third-order valence-corrected chi connectivity index (χ3v) is 4.65. The number of aromatic nitrogens is 2. The lowest BCUT2D eigenvalue weighted by molar-refractivity contribution is 0.0599. The molecule has 0 spiro atoms. The van der Waals surface area contributed by atoms with Crippen LogP contribution >= 0.6 is 0 Å². The van der Waals surface area contributed by atoms with Crippen LogP contribution in [0.25, 0.3) is 0 Å². The molecule has 1 amide bonds. The highest BCUT2D eigenvalue weighted by Crippen LogP contribution is 2.19. The topological polar surface area (TPSA) is 96.5 Å². The van der Waals surface area contributed by atoms with E-state index in [1.165, 1.54) is 7.11 Å². The predicted molar refractivity (Wildman–Crippen MR) is 100 cm³/mol. The molecule has 1 saturated heterocycles. The minimum absolute atomic E-state index is 0.268. The average molecular weight is 372 g/mol. The van der Waals surface area contributed by atoms with Crippen LogP contribution in [0, 0.1) is 13.8 Å². The Labute approximate surface area is 157 Å². The van der Waals surface area contributed by atoms with Crippen molar-refractivity contribution < 1.29 is 19.1 Å². The number of aromatic amines is 1. The number of hydrogen-bond acceptors (Lipinski definition) is 6. The minimum atomic E-state index is -0.454. The summed E-state index contributed by atoms with van der Waals surface area (Å²) in [5, 5.41) is 2.89. The lowest BCUT2D eigenvalue weighted by Crippen LogP contribution is -2.36. The second-order valence-corrected chi connectivity index (χ2v) is 6.42. The number of morpholine rings is 1. The van der Waals surface area contributed by atoms with E-state index in [1.54, 1.807) is 20.0 Å². The number of carbonyl (C=O) groups excluding carboxylic acids is 2. The number of nitrogens with zero attached hydrogens (tertiary/aromatic N) is 2. The number of methoxy groups -OCH3 is 1. The maximum Gasteiger partial charge on any atom is 0.339 e. The van der Waals surface area contributed by atoms with Gasteiger partial charge in [0.25, 0.3) is 5.91 Å². The smallest absolute Gasteiger partial charge is 0.339 e. The van der Waals surface area contributed by atoms with Crippen molar-refractivity contribution in [2.75, 3.05) is 38.3 Å². The Hall–Kier alpha value is -2.87. The summed E-state index contributed by atoms with van der Waals surface area (Å²) in [5.74, 6) is 0.157. The first-order valence-electron chi connectivity index (χ1n) is 8.84. The molecule has 0 radical (unpaired) electrons. The Morgan fingerprint density at radius 3 is 2.78 bits per heavy atom. The first-order valence-corrected chi connectivity index (χ1v) is 8.84. The first kappa shape index (κ1) is 18.9. The van der Waals surface area contributed by atoms with Crippen LogP contribution in [0.2, 0.25) is 0 Å². The molecular formula is C19H24N4O4. The van der Waals surface area contributed by atoms with E-state index in [9.17, 15) is 9.59 Å². The van der Waals surface area contributed by atoms with Gasteiger partial charge in [0, 0.05) is 31.5 Å². The summed E-state index contributed by atoms with van der Waals surface area (Å²) in [6, 6.07) is 3.84. The molecule has 3 heterocycles. The maximum atomic E-state index is 12.6. The van der Waals surface area contributed by atoms with Gasteiger partial charge >= 0.3 is 5.97 Å². The Morgan fingerprint density at radius 1 is 1.33 bits per heavy atom. The van der Waals surface area contributed by atoms with Crippen molar-refractivity contribution in [3.8, 4) is 0 Å². The van der Waals surface area contributed by atoms with Crippen molar-refractivity contribution in [3.63, 3.8) is 0 Å². The molecule has 0 saturated carbocycles. The fraction of sp³-hybridized carbons (Fsp3) is 0.421. The zero-order valence-corrected chi connectivity index (χ0v) is 15.8. The van der Waals surface area contributed by atoms with Crippen LogP contribution in [0.15, 0.2) is 18.3 Å². The van der Waals surface area contributed by atoms with Crippen LogP contribution in [0.5, 0.6) is 0 Å². The van der Waals surface area contributed by atoms with Crippen molar-refractivity contribution in [1.82, 2.24) is 15.3 Å². The third-order valence-electron chi connectivity index (χ3n) is 4.65. The minimum Gasteiger partial charge on any atom is -0.465 e. The average Bonchev–Trinajstić information content (AvgIpc) is 3.00. The van der Waals surface area contributed by atoms with Crippen molar-refractivity contribution in [3.05, 3.63) is 46.4 Å². The number of rotatable bonds is 5.